The number of hydrogen-bond acceptors (Lipinski definition) is 3. The Kier molecular flexibility index (Phi) is 2.78. The number of hydrogen-bond donors (Lipinski definition) is 1. The molecule has 4 heteroatoms. The lowest BCUT2D eigenvalue weighted by atomic mass is 10.4. The van der Waals surface area contributed by atoms with Gasteiger partial charge in [-0.2, -0.15) is 0 Å². The summed E-state index contributed by atoms with van der Waals surface area (Å²) in [5.41, 5.74) is 0. The highest BCUT2D eigenvalue weighted by Gasteiger charge is 2.01. The molecule has 0 unspecified atom stereocenters. The normalized spacial score (nSPS) is 9.82. The summed E-state index contributed by atoms with van der Waals surface area (Å²) in [7, 11) is 3.88. The highest BCUT2D eigenvalue weighted by atomic mass is 79.9. The number of nitrogens with zero attached hydrogens (tertiary/aromatic N) is 2. The van der Waals surface area contributed by atoms with E-state index in [1.807, 2.05) is 25.1 Å². The van der Waals surface area contributed by atoms with E-state index in [1.165, 1.54) is 0 Å². The monoisotopic (exact) mass is 232 g/mol. The second-order valence-electron chi connectivity index (χ2n) is 2.39. The van der Waals surface area contributed by atoms with Gasteiger partial charge in [-0.25, -0.2) is 4.98 Å². The van der Waals surface area contributed by atoms with Gasteiger partial charge >= 0.3 is 0 Å². The standard InChI is InChI=1S/C7H9BrN2S/c1-10(2)7-6(11)3-5(8)4-9-7/h3-4,11H,1-2H3. The van der Waals surface area contributed by atoms with Crippen LogP contribution in [0.25, 0.3) is 0 Å². The zero-order valence-corrected chi connectivity index (χ0v) is 8.85. The van der Waals surface area contributed by atoms with Gasteiger partial charge in [0.05, 0.1) is 0 Å². The summed E-state index contributed by atoms with van der Waals surface area (Å²) in [4.78, 5) is 6.98. The Balaban J connectivity index is 3.09. The highest BCUT2D eigenvalue weighted by Crippen LogP contribution is 2.22. The Hall–Kier alpha value is -0.220. The second-order valence-corrected chi connectivity index (χ2v) is 3.79. The molecule has 0 saturated carbocycles. The topological polar surface area (TPSA) is 16.1 Å². The van der Waals surface area contributed by atoms with Crippen molar-refractivity contribution in [2.75, 3.05) is 19.0 Å². The molecule has 0 saturated heterocycles. The maximum absolute atomic E-state index is 4.27. The molecule has 0 fully saturated rings. The third kappa shape index (κ3) is 2.10. The molecular weight excluding hydrogens is 224 g/mol. The minimum Gasteiger partial charge on any atom is -0.362 e. The van der Waals surface area contributed by atoms with Gasteiger partial charge in [-0.1, -0.05) is 0 Å². The first kappa shape index (κ1) is 8.87. The number of aromatic nitrogens is 1. The van der Waals surface area contributed by atoms with Crippen LogP contribution in [0.3, 0.4) is 0 Å². The molecule has 0 bridgehead atoms. The third-order valence-corrected chi connectivity index (χ3v) is 2.00. The molecule has 1 heterocycles. The molecule has 0 aliphatic carbocycles. The lowest BCUT2D eigenvalue weighted by molar-refractivity contribution is 1.03. The Morgan fingerprint density at radius 2 is 2.18 bits per heavy atom. The molecular formula is C7H9BrN2S. The molecule has 1 aromatic heterocycles. The molecule has 0 aliphatic heterocycles. The SMILES string of the molecule is CN(C)c1ncc(Br)cc1S. The summed E-state index contributed by atoms with van der Waals surface area (Å²) in [6, 6.07) is 1.92. The van der Waals surface area contributed by atoms with E-state index in [2.05, 4.69) is 33.5 Å². The first-order valence-electron chi connectivity index (χ1n) is 3.13. The van der Waals surface area contributed by atoms with Crippen LogP contribution < -0.4 is 4.90 Å². The fraction of sp³-hybridized carbons (Fsp3) is 0.286. The Morgan fingerprint density at radius 3 is 2.64 bits per heavy atom. The van der Waals surface area contributed by atoms with Crippen molar-refractivity contribution in [1.29, 1.82) is 0 Å². The van der Waals surface area contributed by atoms with Crippen LogP contribution in [0.2, 0.25) is 0 Å². The zero-order valence-electron chi connectivity index (χ0n) is 6.37. The molecule has 0 atom stereocenters. The van der Waals surface area contributed by atoms with Crippen LogP contribution in [0, 0.1) is 0 Å². The summed E-state index contributed by atoms with van der Waals surface area (Å²) in [5.74, 6) is 0.886. The van der Waals surface area contributed by atoms with E-state index >= 15 is 0 Å². The summed E-state index contributed by atoms with van der Waals surface area (Å²) in [6.45, 7) is 0. The first-order chi connectivity index (χ1) is 5.11. The van der Waals surface area contributed by atoms with Gasteiger partial charge in [0.1, 0.15) is 5.82 Å². The number of thiol groups is 1. The molecule has 1 aromatic rings. The number of halogens is 1. The first-order valence-corrected chi connectivity index (χ1v) is 4.37. The smallest absolute Gasteiger partial charge is 0.141 e. The van der Waals surface area contributed by atoms with Gasteiger partial charge in [0, 0.05) is 29.7 Å². The highest BCUT2D eigenvalue weighted by molar-refractivity contribution is 9.10. The largest absolute Gasteiger partial charge is 0.362 e. The molecule has 0 radical (unpaired) electrons. The van der Waals surface area contributed by atoms with Crippen molar-refractivity contribution in [2.45, 2.75) is 4.90 Å². The quantitative estimate of drug-likeness (QED) is 0.748. The second kappa shape index (κ2) is 3.45. The van der Waals surface area contributed by atoms with Crippen LogP contribution in [0.15, 0.2) is 21.6 Å². The van der Waals surface area contributed by atoms with Crippen molar-refractivity contribution in [3.63, 3.8) is 0 Å². The van der Waals surface area contributed by atoms with Gasteiger partial charge in [0.25, 0.3) is 0 Å². The number of pyridine rings is 1. The van der Waals surface area contributed by atoms with Crippen LogP contribution in [0.5, 0.6) is 0 Å². The minimum absolute atomic E-state index is 0.879. The van der Waals surface area contributed by atoms with Gasteiger partial charge in [-0.15, -0.1) is 12.6 Å². The van der Waals surface area contributed by atoms with Gasteiger partial charge < -0.3 is 4.90 Å². The molecule has 0 amide bonds. The Labute approximate surface area is 80.2 Å². The average Bonchev–Trinajstić information content (AvgIpc) is 1.85. The molecule has 2 nitrogen and oxygen atoms in total. The van der Waals surface area contributed by atoms with Crippen molar-refractivity contribution >= 4 is 34.4 Å². The van der Waals surface area contributed by atoms with E-state index in [0.29, 0.717) is 0 Å². The predicted molar refractivity (Wildman–Crippen MR) is 53.5 cm³/mol. The lowest BCUT2D eigenvalue weighted by Crippen LogP contribution is -2.11. The summed E-state index contributed by atoms with van der Waals surface area (Å²) < 4.78 is 0.952. The van der Waals surface area contributed by atoms with Crippen LogP contribution in [-0.2, 0) is 0 Å². The van der Waals surface area contributed by atoms with Gasteiger partial charge in [0.2, 0.25) is 0 Å². The van der Waals surface area contributed by atoms with Crippen molar-refractivity contribution in [1.82, 2.24) is 4.98 Å². The fourth-order valence-corrected chi connectivity index (χ4v) is 1.67. The molecule has 0 aliphatic rings. The zero-order chi connectivity index (χ0) is 8.43. The Bertz CT molecular complexity index is 263. The van der Waals surface area contributed by atoms with Crippen LogP contribution in [-0.4, -0.2) is 19.1 Å². The van der Waals surface area contributed by atoms with E-state index in [-0.39, 0.29) is 0 Å². The van der Waals surface area contributed by atoms with Gasteiger partial charge in [-0.3, -0.25) is 0 Å². The lowest BCUT2D eigenvalue weighted by Gasteiger charge is -2.12. The summed E-state index contributed by atoms with van der Waals surface area (Å²) >= 11 is 7.59. The molecule has 60 valence electrons. The van der Waals surface area contributed by atoms with Crippen LogP contribution in [0.1, 0.15) is 0 Å². The van der Waals surface area contributed by atoms with E-state index in [9.17, 15) is 0 Å². The van der Waals surface area contributed by atoms with Crippen molar-refractivity contribution < 1.29 is 0 Å². The van der Waals surface area contributed by atoms with Crippen molar-refractivity contribution in [2.24, 2.45) is 0 Å². The summed E-state index contributed by atoms with van der Waals surface area (Å²) in [5, 5.41) is 0. The molecule has 0 N–H and O–H groups in total. The number of rotatable bonds is 1. The van der Waals surface area contributed by atoms with Crippen LogP contribution in [0.4, 0.5) is 5.82 Å². The maximum Gasteiger partial charge on any atom is 0.141 e. The van der Waals surface area contributed by atoms with Crippen LogP contribution >= 0.6 is 28.6 Å². The van der Waals surface area contributed by atoms with E-state index in [1.54, 1.807) is 6.20 Å². The third-order valence-electron chi connectivity index (χ3n) is 1.24. The summed E-state index contributed by atoms with van der Waals surface area (Å²) in [6.07, 6.45) is 1.76. The minimum atomic E-state index is 0.879. The predicted octanol–water partition coefficient (Wildman–Crippen LogP) is 2.20. The van der Waals surface area contributed by atoms with Crippen molar-refractivity contribution in [3.05, 3.63) is 16.7 Å². The average molecular weight is 233 g/mol. The van der Waals surface area contributed by atoms with Crippen molar-refractivity contribution in [3.8, 4) is 0 Å². The molecule has 1 rings (SSSR count). The molecule has 0 spiro atoms. The molecule has 11 heavy (non-hydrogen) atoms. The van der Waals surface area contributed by atoms with E-state index in [4.69, 9.17) is 0 Å². The Morgan fingerprint density at radius 1 is 1.55 bits per heavy atom. The van der Waals surface area contributed by atoms with Gasteiger partial charge in [0.15, 0.2) is 0 Å². The van der Waals surface area contributed by atoms with Gasteiger partial charge in [-0.05, 0) is 22.0 Å². The van der Waals surface area contributed by atoms with E-state index in [0.717, 1.165) is 15.2 Å². The van der Waals surface area contributed by atoms with E-state index < -0.39 is 0 Å². The molecule has 0 aromatic carbocycles. The fourth-order valence-electron chi connectivity index (χ4n) is 0.766. The maximum atomic E-state index is 4.27. The number of anilines is 1.